The summed E-state index contributed by atoms with van der Waals surface area (Å²) in [5, 5.41) is 6.04. The molecular weight excluding hydrogens is 242 g/mol. The molecule has 0 bridgehead atoms. The van der Waals surface area contributed by atoms with Crippen molar-refractivity contribution < 1.29 is 4.79 Å². The highest BCUT2D eigenvalue weighted by Gasteiger charge is 2.03. The smallest absolute Gasteiger partial charge is 0.220 e. The van der Waals surface area contributed by atoms with Crippen LogP contribution in [0.1, 0.15) is 25.6 Å². The summed E-state index contributed by atoms with van der Waals surface area (Å²) in [6, 6.07) is 1.89. The summed E-state index contributed by atoms with van der Waals surface area (Å²) in [4.78, 5) is 21.8. The maximum atomic E-state index is 11.3. The van der Waals surface area contributed by atoms with E-state index < -0.39 is 0 Å². The number of nitrogens with one attached hydrogen (secondary N) is 2. The molecular formula is C13H23N5O. The van der Waals surface area contributed by atoms with Gasteiger partial charge in [-0.25, -0.2) is 9.97 Å². The van der Waals surface area contributed by atoms with Crippen LogP contribution in [0.2, 0.25) is 0 Å². The zero-order valence-electron chi connectivity index (χ0n) is 12.2. The van der Waals surface area contributed by atoms with E-state index >= 15 is 0 Å². The van der Waals surface area contributed by atoms with Crippen LogP contribution in [-0.2, 0) is 4.79 Å². The van der Waals surface area contributed by atoms with E-state index in [1.165, 1.54) is 0 Å². The van der Waals surface area contributed by atoms with E-state index in [9.17, 15) is 4.79 Å². The highest BCUT2D eigenvalue weighted by Crippen LogP contribution is 2.12. The Balaban J connectivity index is 2.43. The predicted octanol–water partition coefficient (Wildman–Crippen LogP) is 1.18. The molecule has 0 aliphatic rings. The zero-order chi connectivity index (χ0) is 14.3. The van der Waals surface area contributed by atoms with Crippen LogP contribution in [0, 0.1) is 6.92 Å². The molecule has 0 unspecified atom stereocenters. The summed E-state index contributed by atoms with van der Waals surface area (Å²) in [5.74, 6) is 2.46. The topological polar surface area (TPSA) is 70.2 Å². The number of aromatic nitrogens is 2. The van der Waals surface area contributed by atoms with Crippen LogP contribution in [0.3, 0.4) is 0 Å². The van der Waals surface area contributed by atoms with Gasteiger partial charge in [-0.3, -0.25) is 4.79 Å². The van der Waals surface area contributed by atoms with Crippen molar-refractivity contribution in [2.45, 2.75) is 26.7 Å². The first-order chi connectivity index (χ1) is 9.02. The largest absolute Gasteiger partial charge is 0.368 e. The highest BCUT2D eigenvalue weighted by molar-refractivity contribution is 5.75. The summed E-state index contributed by atoms with van der Waals surface area (Å²) in [7, 11) is 3.88. The van der Waals surface area contributed by atoms with Crippen molar-refractivity contribution in [2.24, 2.45) is 0 Å². The van der Waals surface area contributed by atoms with Gasteiger partial charge in [0.1, 0.15) is 17.5 Å². The van der Waals surface area contributed by atoms with Crippen LogP contribution in [0.4, 0.5) is 11.6 Å². The molecule has 0 radical (unpaired) electrons. The van der Waals surface area contributed by atoms with E-state index in [0.717, 1.165) is 23.9 Å². The van der Waals surface area contributed by atoms with Crippen LogP contribution in [0.25, 0.3) is 0 Å². The van der Waals surface area contributed by atoms with Gasteiger partial charge in [0.15, 0.2) is 0 Å². The first kappa shape index (κ1) is 15.2. The normalized spacial score (nSPS) is 10.1. The average Bonchev–Trinajstić information content (AvgIpc) is 2.34. The maximum Gasteiger partial charge on any atom is 0.220 e. The number of carbonyl (C=O) groups excluding carboxylic acids is 1. The van der Waals surface area contributed by atoms with Crippen molar-refractivity contribution >= 4 is 17.5 Å². The van der Waals surface area contributed by atoms with Crippen molar-refractivity contribution in [2.75, 3.05) is 37.4 Å². The molecule has 19 heavy (non-hydrogen) atoms. The molecule has 0 spiro atoms. The third-order valence-electron chi connectivity index (χ3n) is 2.51. The number of carbonyl (C=O) groups is 1. The Hall–Kier alpha value is -1.85. The van der Waals surface area contributed by atoms with Crippen molar-refractivity contribution in [1.82, 2.24) is 15.3 Å². The average molecular weight is 265 g/mol. The van der Waals surface area contributed by atoms with E-state index in [0.29, 0.717) is 19.5 Å². The minimum atomic E-state index is 0.0946. The predicted molar refractivity (Wildman–Crippen MR) is 77.5 cm³/mol. The number of hydrogen-bond acceptors (Lipinski definition) is 5. The van der Waals surface area contributed by atoms with Crippen molar-refractivity contribution in [3.8, 4) is 0 Å². The van der Waals surface area contributed by atoms with Crippen LogP contribution >= 0.6 is 0 Å². The summed E-state index contributed by atoms with van der Waals surface area (Å²) >= 11 is 0. The van der Waals surface area contributed by atoms with Gasteiger partial charge in [-0.1, -0.05) is 6.92 Å². The first-order valence-electron chi connectivity index (χ1n) is 6.56. The molecule has 0 atom stereocenters. The number of anilines is 2. The molecule has 1 aromatic rings. The Kier molecular flexibility index (Phi) is 6.05. The minimum absolute atomic E-state index is 0.0946. The molecule has 0 saturated heterocycles. The Morgan fingerprint density at radius 2 is 2.05 bits per heavy atom. The lowest BCUT2D eigenvalue weighted by atomic mass is 10.3. The van der Waals surface area contributed by atoms with Gasteiger partial charge in [0, 0.05) is 39.7 Å². The maximum absolute atomic E-state index is 11.3. The second-order valence-electron chi connectivity index (χ2n) is 4.58. The monoisotopic (exact) mass is 265 g/mol. The lowest BCUT2D eigenvalue weighted by Gasteiger charge is -2.14. The molecule has 6 nitrogen and oxygen atoms in total. The lowest BCUT2D eigenvalue weighted by molar-refractivity contribution is -0.121. The molecule has 0 fully saturated rings. The summed E-state index contributed by atoms with van der Waals surface area (Å²) in [6.45, 7) is 5.10. The Morgan fingerprint density at radius 3 is 2.68 bits per heavy atom. The van der Waals surface area contributed by atoms with E-state index in [1.54, 1.807) is 0 Å². The molecule has 106 valence electrons. The zero-order valence-corrected chi connectivity index (χ0v) is 12.2. The SMILES string of the molecule is CCCC(=O)NCCNc1cc(N(C)C)nc(C)n1. The fraction of sp³-hybridized carbons (Fsp3) is 0.615. The number of hydrogen-bond donors (Lipinski definition) is 2. The third-order valence-corrected chi connectivity index (χ3v) is 2.51. The van der Waals surface area contributed by atoms with Crippen LogP contribution in [0.5, 0.6) is 0 Å². The fourth-order valence-corrected chi connectivity index (χ4v) is 1.58. The van der Waals surface area contributed by atoms with E-state index in [2.05, 4.69) is 20.6 Å². The van der Waals surface area contributed by atoms with E-state index in [1.807, 2.05) is 38.9 Å². The van der Waals surface area contributed by atoms with E-state index in [-0.39, 0.29) is 5.91 Å². The molecule has 1 amide bonds. The minimum Gasteiger partial charge on any atom is -0.368 e. The number of amides is 1. The van der Waals surface area contributed by atoms with Gasteiger partial charge < -0.3 is 15.5 Å². The molecule has 0 aliphatic carbocycles. The third kappa shape index (κ3) is 5.54. The van der Waals surface area contributed by atoms with Crippen LogP contribution in [0.15, 0.2) is 6.07 Å². The van der Waals surface area contributed by atoms with Gasteiger partial charge in [0.2, 0.25) is 5.91 Å². The number of nitrogens with zero attached hydrogens (tertiary/aromatic N) is 3. The summed E-state index contributed by atoms with van der Waals surface area (Å²) in [5.41, 5.74) is 0. The number of aryl methyl sites for hydroxylation is 1. The molecule has 2 N–H and O–H groups in total. The van der Waals surface area contributed by atoms with Gasteiger partial charge in [-0.2, -0.15) is 0 Å². The molecule has 1 rings (SSSR count). The fourth-order valence-electron chi connectivity index (χ4n) is 1.58. The Bertz CT molecular complexity index is 419. The van der Waals surface area contributed by atoms with Crippen molar-refractivity contribution in [3.05, 3.63) is 11.9 Å². The molecule has 0 aromatic carbocycles. The molecule has 6 heteroatoms. The molecule has 0 aliphatic heterocycles. The summed E-state index contributed by atoms with van der Waals surface area (Å²) in [6.07, 6.45) is 1.45. The second kappa shape index (κ2) is 7.56. The lowest BCUT2D eigenvalue weighted by Crippen LogP contribution is -2.28. The Morgan fingerprint density at radius 1 is 1.32 bits per heavy atom. The van der Waals surface area contributed by atoms with Crippen LogP contribution < -0.4 is 15.5 Å². The van der Waals surface area contributed by atoms with Gasteiger partial charge in [-0.05, 0) is 13.3 Å². The van der Waals surface area contributed by atoms with Crippen LogP contribution in [-0.4, -0.2) is 43.1 Å². The van der Waals surface area contributed by atoms with Gasteiger partial charge in [-0.15, -0.1) is 0 Å². The molecule has 0 saturated carbocycles. The first-order valence-corrected chi connectivity index (χ1v) is 6.56. The second-order valence-corrected chi connectivity index (χ2v) is 4.58. The standard InChI is InChI=1S/C13H23N5O/c1-5-6-13(19)15-8-7-14-11-9-12(18(3)4)17-10(2)16-11/h9H,5-8H2,1-4H3,(H,15,19)(H,14,16,17). The molecule has 1 aromatic heterocycles. The highest BCUT2D eigenvalue weighted by atomic mass is 16.1. The van der Waals surface area contributed by atoms with Gasteiger partial charge >= 0.3 is 0 Å². The molecule has 1 heterocycles. The summed E-state index contributed by atoms with van der Waals surface area (Å²) < 4.78 is 0. The van der Waals surface area contributed by atoms with E-state index in [4.69, 9.17) is 0 Å². The Labute approximate surface area is 114 Å². The van der Waals surface area contributed by atoms with Crippen molar-refractivity contribution in [3.63, 3.8) is 0 Å². The van der Waals surface area contributed by atoms with Gasteiger partial charge in [0.05, 0.1) is 0 Å². The van der Waals surface area contributed by atoms with Gasteiger partial charge in [0.25, 0.3) is 0 Å². The quantitative estimate of drug-likeness (QED) is 0.724. The number of rotatable bonds is 7. The van der Waals surface area contributed by atoms with Crippen molar-refractivity contribution in [1.29, 1.82) is 0 Å².